The second kappa shape index (κ2) is 10.1. The van der Waals surface area contributed by atoms with Crippen LogP contribution in [0.4, 0.5) is 5.69 Å². The molecule has 178 valence electrons. The van der Waals surface area contributed by atoms with Crippen LogP contribution in [0.1, 0.15) is 5.56 Å². The molecule has 0 radical (unpaired) electrons. The number of aromatic hydroxyl groups is 1. The average molecular weight is 495 g/mol. The highest BCUT2D eigenvalue weighted by Gasteiger charge is 2.12. The maximum absolute atomic E-state index is 13.1. The molecule has 0 atom stereocenters. The Balaban J connectivity index is 1.73. The minimum absolute atomic E-state index is 0.0246. The number of pyridine rings is 1. The van der Waals surface area contributed by atoms with E-state index in [1.165, 1.54) is 16.8 Å². The van der Waals surface area contributed by atoms with Crippen LogP contribution in [0.5, 0.6) is 17.4 Å². The number of amides is 1. The van der Waals surface area contributed by atoms with Gasteiger partial charge in [0.05, 0.1) is 12.2 Å². The molecule has 12 heteroatoms. The van der Waals surface area contributed by atoms with Crippen molar-refractivity contribution in [1.29, 1.82) is 0 Å². The lowest BCUT2D eigenvalue weighted by Gasteiger charge is -2.10. The number of aromatic amines is 1. The molecule has 35 heavy (non-hydrogen) atoms. The van der Waals surface area contributed by atoms with Gasteiger partial charge in [0.15, 0.2) is 0 Å². The molecule has 4 N–H and O–H groups in total. The van der Waals surface area contributed by atoms with Crippen LogP contribution in [-0.4, -0.2) is 30.1 Å². The van der Waals surface area contributed by atoms with E-state index in [0.29, 0.717) is 26.8 Å². The second-order valence-corrected chi connectivity index (χ2v) is 7.80. The number of carbonyl (C=O) groups excluding carboxylic acids is 1. The number of H-pyrrole nitrogens is 1. The number of carbonyl (C=O) groups is 1. The van der Waals surface area contributed by atoms with Gasteiger partial charge in [-0.1, -0.05) is 23.7 Å². The Labute approximate surface area is 202 Å². The summed E-state index contributed by atoms with van der Waals surface area (Å²) >= 11 is 5.94. The van der Waals surface area contributed by atoms with Crippen molar-refractivity contribution in [1.82, 2.24) is 19.1 Å². The van der Waals surface area contributed by atoms with Gasteiger partial charge in [-0.25, -0.2) is 24.1 Å². The highest BCUT2D eigenvalue weighted by Crippen LogP contribution is 2.25. The Morgan fingerprint density at radius 1 is 1.06 bits per heavy atom. The van der Waals surface area contributed by atoms with Crippen molar-refractivity contribution >= 4 is 23.2 Å². The Hall–Kier alpha value is -4.64. The van der Waals surface area contributed by atoms with Gasteiger partial charge in [0, 0.05) is 17.3 Å². The fourth-order valence-corrected chi connectivity index (χ4v) is 3.29. The number of ether oxygens (including phenoxy) is 1. The van der Waals surface area contributed by atoms with E-state index in [9.17, 15) is 19.5 Å². The number of nitrogens with one attached hydrogen (secondary N) is 1. The SMILES string of the molecule is NC(=O)Cn1c(=O)[nH]/c(=N\c2ccc(Oc3ccnc(O)c3)cc2)n(Cc2ccc(Cl)cc2)c1=O. The van der Waals surface area contributed by atoms with Gasteiger partial charge in [-0.15, -0.1) is 0 Å². The summed E-state index contributed by atoms with van der Waals surface area (Å²) < 4.78 is 7.58. The van der Waals surface area contributed by atoms with Crippen LogP contribution in [0, 0.1) is 0 Å². The molecule has 0 fully saturated rings. The highest BCUT2D eigenvalue weighted by molar-refractivity contribution is 6.30. The van der Waals surface area contributed by atoms with E-state index in [-0.39, 0.29) is 18.0 Å². The van der Waals surface area contributed by atoms with Gasteiger partial charge >= 0.3 is 11.4 Å². The van der Waals surface area contributed by atoms with Crippen LogP contribution in [0.25, 0.3) is 0 Å². The molecule has 0 unspecified atom stereocenters. The summed E-state index contributed by atoms with van der Waals surface area (Å²) in [4.78, 5) is 47.5. The smallest absolute Gasteiger partial charge is 0.335 e. The third-order valence-corrected chi connectivity index (χ3v) is 5.03. The van der Waals surface area contributed by atoms with Crippen LogP contribution in [0.3, 0.4) is 0 Å². The van der Waals surface area contributed by atoms with Crippen molar-refractivity contribution in [2.24, 2.45) is 10.7 Å². The number of nitrogens with two attached hydrogens (primary N) is 1. The minimum atomic E-state index is -0.835. The summed E-state index contributed by atoms with van der Waals surface area (Å²) in [5, 5.41) is 9.99. The standard InChI is InChI=1S/C23H19ClN6O5/c24-15-3-1-14(2-4-15)12-29-21(28-22(33)30(23(29)34)13-19(25)31)27-16-5-7-17(8-6-16)35-18-9-10-26-20(32)11-18/h1-11H,12-13H2,(H2,25,31)(H,26,32)(H,27,28,33). The van der Waals surface area contributed by atoms with Crippen LogP contribution in [-0.2, 0) is 17.9 Å². The van der Waals surface area contributed by atoms with Crippen LogP contribution in [0.15, 0.2) is 81.4 Å². The van der Waals surface area contributed by atoms with Gasteiger partial charge in [0.2, 0.25) is 17.4 Å². The summed E-state index contributed by atoms with van der Waals surface area (Å²) in [7, 11) is 0. The fourth-order valence-electron chi connectivity index (χ4n) is 3.16. The lowest BCUT2D eigenvalue weighted by atomic mass is 10.2. The predicted octanol–water partition coefficient (Wildman–Crippen LogP) is 1.65. The number of benzene rings is 2. The van der Waals surface area contributed by atoms with E-state index in [4.69, 9.17) is 22.1 Å². The molecule has 4 aromatic rings. The third kappa shape index (κ3) is 5.84. The number of hydrogen-bond acceptors (Lipinski definition) is 7. The van der Waals surface area contributed by atoms with Crippen molar-refractivity contribution in [3.8, 4) is 17.4 Å². The number of rotatable bonds is 7. The quantitative estimate of drug-likeness (QED) is 0.354. The number of hydrogen-bond donors (Lipinski definition) is 3. The predicted molar refractivity (Wildman–Crippen MR) is 127 cm³/mol. The van der Waals surface area contributed by atoms with E-state index in [2.05, 4.69) is 15.0 Å². The summed E-state index contributed by atoms with van der Waals surface area (Å²) in [6, 6.07) is 16.3. The van der Waals surface area contributed by atoms with E-state index < -0.39 is 23.8 Å². The molecule has 0 aliphatic heterocycles. The van der Waals surface area contributed by atoms with Crippen molar-refractivity contribution < 1.29 is 14.6 Å². The topological polar surface area (TPSA) is 158 Å². The second-order valence-electron chi connectivity index (χ2n) is 7.36. The molecule has 0 spiro atoms. The molecule has 0 aliphatic rings. The monoisotopic (exact) mass is 494 g/mol. The highest BCUT2D eigenvalue weighted by atomic mass is 35.5. The first-order chi connectivity index (χ1) is 16.8. The molecule has 0 saturated heterocycles. The van der Waals surface area contributed by atoms with Crippen molar-refractivity contribution in [2.45, 2.75) is 13.1 Å². The Morgan fingerprint density at radius 2 is 1.77 bits per heavy atom. The normalized spacial score (nSPS) is 11.4. The number of nitrogens with zero attached hydrogens (tertiary/aromatic N) is 4. The number of halogens is 1. The van der Waals surface area contributed by atoms with Gasteiger partial charge in [-0.2, -0.15) is 0 Å². The maximum Gasteiger partial charge on any atom is 0.335 e. The van der Waals surface area contributed by atoms with Crippen molar-refractivity contribution in [3.63, 3.8) is 0 Å². The van der Waals surface area contributed by atoms with Crippen molar-refractivity contribution in [2.75, 3.05) is 0 Å². The molecule has 2 aromatic heterocycles. The summed E-state index contributed by atoms with van der Waals surface area (Å²) in [5.74, 6) is -0.146. The van der Waals surface area contributed by atoms with Gasteiger partial charge < -0.3 is 15.6 Å². The lowest BCUT2D eigenvalue weighted by Crippen LogP contribution is -2.51. The zero-order chi connectivity index (χ0) is 24.9. The molecule has 11 nitrogen and oxygen atoms in total. The Bertz CT molecular complexity index is 1560. The first-order valence-electron chi connectivity index (χ1n) is 10.2. The van der Waals surface area contributed by atoms with Gasteiger partial charge in [-0.3, -0.25) is 14.3 Å². The van der Waals surface area contributed by atoms with Crippen LogP contribution >= 0.6 is 11.6 Å². The zero-order valence-corrected chi connectivity index (χ0v) is 18.8. The number of aromatic nitrogens is 4. The fraction of sp³-hybridized carbons (Fsp3) is 0.0870. The molecule has 0 saturated carbocycles. The maximum atomic E-state index is 13.1. The molecule has 2 heterocycles. The molecular weight excluding hydrogens is 476 g/mol. The largest absolute Gasteiger partial charge is 0.493 e. The molecular formula is C23H19ClN6O5. The lowest BCUT2D eigenvalue weighted by molar-refractivity contribution is -0.118. The molecule has 0 aliphatic carbocycles. The zero-order valence-electron chi connectivity index (χ0n) is 18.1. The first-order valence-corrected chi connectivity index (χ1v) is 10.6. The van der Waals surface area contributed by atoms with Crippen LogP contribution in [0.2, 0.25) is 5.02 Å². The van der Waals surface area contributed by atoms with Gasteiger partial charge in [0.25, 0.3) is 0 Å². The minimum Gasteiger partial charge on any atom is -0.493 e. The van der Waals surface area contributed by atoms with E-state index >= 15 is 0 Å². The molecule has 0 bridgehead atoms. The van der Waals surface area contributed by atoms with E-state index in [1.807, 2.05) is 0 Å². The molecule has 4 rings (SSSR count). The summed E-state index contributed by atoms with van der Waals surface area (Å²) in [6.45, 7) is -0.525. The molecule has 2 aromatic carbocycles. The molecule has 1 amide bonds. The summed E-state index contributed by atoms with van der Waals surface area (Å²) in [5.41, 5.74) is 4.73. The van der Waals surface area contributed by atoms with E-state index in [0.717, 1.165) is 5.56 Å². The van der Waals surface area contributed by atoms with Gasteiger partial charge in [0.1, 0.15) is 18.0 Å². The first kappa shape index (κ1) is 23.5. The summed E-state index contributed by atoms with van der Waals surface area (Å²) in [6.07, 6.45) is 1.41. The third-order valence-electron chi connectivity index (χ3n) is 4.77. The number of primary amides is 1. The van der Waals surface area contributed by atoms with Gasteiger partial charge in [-0.05, 0) is 48.0 Å². The van der Waals surface area contributed by atoms with E-state index in [1.54, 1.807) is 54.6 Å². The Kier molecular flexibility index (Phi) is 6.78. The average Bonchev–Trinajstić information content (AvgIpc) is 2.81. The van der Waals surface area contributed by atoms with Crippen molar-refractivity contribution in [3.05, 3.63) is 104 Å². The Morgan fingerprint density at radius 3 is 2.43 bits per heavy atom. The van der Waals surface area contributed by atoms with Crippen LogP contribution < -0.4 is 27.5 Å².